The van der Waals surface area contributed by atoms with Crippen LogP contribution < -0.4 is 5.32 Å². The van der Waals surface area contributed by atoms with Crippen molar-refractivity contribution >= 4 is 9.84 Å². The Morgan fingerprint density at radius 3 is 2.32 bits per heavy atom. The van der Waals surface area contributed by atoms with Crippen molar-refractivity contribution < 1.29 is 8.42 Å². The molecule has 1 unspecified atom stereocenters. The van der Waals surface area contributed by atoms with Gasteiger partial charge in [-0.05, 0) is 76.5 Å². The van der Waals surface area contributed by atoms with Gasteiger partial charge in [-0.2, -0.15) is 0 Å². The summed E-state index contributed by atoms with van der Waals surface area (Å²) < 4.78 is 23.0. The maximum Gasteiger partial charge on any atom is 0.175 e. The van der Waals surface area contributed by atoms with Crippen molar-refractivity contribution in [1.82, 2.24) is 10.2 Å². The lowest BCUT2D eigenvalue weighted by molar-refractivity contribution is 0.137. The van der Waals surface area contributed by atoms with Crippen LogP contribution in [0.25, 0.3) is 0 Å². The average molecular weight is 324 g/mol. The molecule has 1 aromatic rings. The second-order valence-corrected chi connectivity index (χ2v) is 8.40. The van der Waals surface area contributed by atoms with Crippen LogP contribution in [0.4, 0.5) is 0 Å². The van der Waals surface area contributed by atoms with Gasteiger partial charge in [0.15, 0.2) is 9.84 Å². The summed E-state index contributed by atoms with van der Waals surface area (Å²) >= 11 is 0. The summed E-state index contributed by atoms with van der Waals surface area (Å²) in [6, 6.07) is 7.70. The summed E-state index contributed by atoms with van der Waals surface area (Å²) in [6.07, 6.45) is 5.03. The molecule has 0 amide bonds. The molecular weight excluding hydrogens is 296 g/mol. The number of sulfone groups is 1. The molecule has 0 aliphatic carbocycles. The third-order valence-corrected chi connectivity index (χ3v) is 5.92. The highest BCUT2D eigenvalue weighted by Gasteiger charge is 2.23. The summed E-state index contributed by atoms with van der Waals surface area (Å²) in [4.78, 5) is 2.90. The van der Waals surface area contributed by atoms with E-state index in [4.69, 9.17) is 0 Å². The quantitative estimate of drug-likeness (QED) is 0.873. The number of rotatable bonds is 6. The molecule has 2 rings (SSSR count). The van der Waals surface area contributed by atoms with Crippen molar-refractivity contribution in [3.8, 4) is 0 Å². The van der Waals surface area contributed by atoms with E-state index in [1.807, 2.05) is 19.2 Å². The van der Waals surface area contributed by atoms with Gasteiger partial charge in [0.25, 0.3) is 0 Å². The first kappa shape index (κ1) is 17.4. The number of hydrogen-bond donors (Lipinski definition) is 1. The van der Waals surface area contributed by atoms with Gasteiger partial charge >= 0.3 is 0 Å². The minimum atomic E-state index is -3.11. The maximum atomic E-state index is 11.5. The molecule has 1 N–H and O–H groups in total. The average Bonchev–Trinajstić information content (AvgIpc) is 2.52. The number of piperidine rings is 1. The second kappa shape index (κ2) is 7.57. The summed E-state index contributed by atoms with van der Waals surface area (Å²) in [7, 11) is -1.09. The number of benzene rings is 1. The first-order valence-electron chi connectivity index (χ1n) is 8.10. The standard InChI is InChI=1S/C17H28N2O2S/c1-14(16-4-6-17(7-5-16)22(3,20)21)19-12-9-15(10-13-19)8-11-18-2/h4-7,14-15,18H,8-13H2,1-3H3. The summed E-state index contributed by atoms with van der Waals surface area (Å²) in [5.74, 6) is 0.837. The Labute approximate surface area is 134 Å². The number of likely N-dealkylation sites (tertiary alicyclic amines) is 1. The van der Waals surface area contributed by atoms with Crippen molar-refractivity contribution in [2.45, 2.75) is 37.1 Å². The first-order valence-corrected chi connectivity index (χ1v) is 9.99. The van der Waals surface area contributed by atoms with Gasteiger partial charge in [-0.15, -0.1) is 0 Å². The molecular formula is C17H28N2O2S. The highest BCUT2D eigenvalue weighted by Crippen LogP contribution is 2.28. The van der Waals surface area contributed by atoms with Crippen molar-refractivity contribution in [2.75, 3.05) is 32.9 Å². The summed E-state index contributed by atoms with van der Waals surface area (Å²) in [5, 5.41) is 3.23. The monoisotopic (exact) mass is 324 g/mol. The summed E-state index contributed by atoms with van der Waals surface area (Å²) in [5.41, 5.74) is 1.20. The Hall–Kier alpha value is -0.910. The van der Waals surface area contributed by atoms with Crippen LogP contribution in [-0.2, 0) is 9.84 Å². The van der Waals surface area contributed by atoms with Gasteiger partial charge in [0.1, 0.15) is 0 Å². The van der Waals surface area contributed by atoms with E-state index in [9.17, 15) is 8.42 Å². The first-order chi connectivity index (χ1) is 10.4. The van der Waals surface area contributed by atoms with E-state index in [1.165, 1.54) is 31.1 Å². The number of nitrogens with one attached hydrogen (secondary N) is 1. The number of nitrogens with zero attached hydrogens (tertiary/aromatic N) is 1. The zero-order chi connectivity index (χ0) is 16.2. The fraction of sp³-hybridized carbons (Fsp3) is 0.647. The second-order valence-electron chi connectivity index (χ2n) is 6.39. The molecule has 0 saturated carbocycles. The Morgan fingerprint density at radius 1 is 1.23 bits per heavy atom. The minimum absolute atomic E-state index is 0.346. The van der Waals surface area contributed by atoms with Crippen LogP contribution in [0.15, 0.2) is 29.2 Å². The van der Waals surface area contributed by atoms with Crippen LogP contribution in [0.1, 0.15) is 37.8 Å². The van der Waals surface area contributed by atoms with Crippen molar-refractivity contribution in [3.05, 3.63) is 29.8 Å². The zero-order valence-electron chi connectivity index (χ0n) is 13.9. The Bertz CT molecular complexity index is 561. The van der Waals surface area contributed by atoms with Crippen molar-refractivity contribution in [2.24, 2.45) is 5.92 Å². The molecule has 1 fully saturated rings. The van der Waals surface area contributed by atoms with Gasteiger partial charge in [-0.3, -0.25) is 4.90 Å². The fourth-order valence-electron chi connectivity index (χ4n) is 3.18. The van der Waals surface area contributed by atoms with E-state index >= 15 is 0 Å². The van der Waals surface area contributed by atoms with E-state index in [2.05, 4.69) is 17.1 Å². The zero-order valence-corrected chi connectivity index (χ0v) is 14.7. The van der Waals surface area contributed by atoms with Gasteiger partial charge in [0.2, 0.25) is 0 Å². The van der Waals surface area contributed by atoms with Gasteiger partial charge in [-0.25, -0.2) is 8.42 Å². The van der Waals surface area contributed by atoms with Crippen molar-refractivity contribution in [3.63, 3.8) is 0 Å². The Morgan fingerprint density at radius 2 is 1.82 bits per heavy atom. The molecule has 1 saturated heterocycles. The van der Waals surface area contributed by atoms with Crippen LogP contribution in [0, 0.1) is 5.92 Å². The van der Waals surface area contributed by atoms with E-state index in [0.29, 0.717) is 10.9 Å². The van der Waals surface area contributed by atoms with Crippen LogP contribution in [-0.4, -0.2) is 46.3 Å². The molecule has 1 aliphatic rings. The van der Waals surface area contributed by atoms with E-state index in [-0.39, 0.29) is 0 Å². The lowest BCUT2D eigenvalue weighted by atomic mass is 9.92. The minimum Gasteiger partial charge on any atom is -0.320 e. The third-order valence-electron chi connectivity index (χ3n) is 4.79. The number of hydrogen-bond acceptors (Lipinski definition) is 4. The molecule has 4 nitrogen and oxygen atoms in total. The van der Waals surface area contributed by atoms with Crippen LogP contribution >= 0.6 is 0 Å². The summed E-state index contributed by atoms with van der Waals surface area (Å²) in [6.45, 7) is 5.57. The molecule has 124 valence electrons. The molecule has 1 aromatic carbocycles. The highest BCUT2D eigenvalue weighted by atomic mass is 32.2. The molecule has 1 heterocycles. The van der Waals surface area contributed by atoms with E-state index in [1.54, 1.807) is 12.1 Å². The predicted molar refractivity (Wildman–Crippen MR) is 90.8 cm³/mol. The third kappa shape index (κ3) is 4.54. The molecule has 0 spiro atoms. The molecule has 5 heteroatoms. The molecule has 0 bridgehead atoms. The Kier molecular flexibility index (Phi) is 6.01. The van der Waals surface area contributed by atoms with Gasteiger partial charge < -0.3 is 5.32 Å². The van der Waals surface area contributed by atoms with Crippen LogP contribution in [0.2, 0.25) is 0 Å². The smallest absolute Gasteiger partial charge is 0.175 e. The van der Waals surface area contributed by atoms with Crippen LogP contribution in [0.5, 0.6) is 0 Å². The van der Waals surface area contributed by atoms with E-state index < -0.39 is 9.84 Å². The van der Waals surface area contributed by atoms with Gasteiger partial charge in [-0.1, -0.05) is 12.1 Å². The van der Waals surface area contributed by atoms with Crippen molar-refractivity contribution in [1.29, 1.82) is 0 Å². The lowest BCUT2D eigenvalue weighted by Crippen LogP contribution is -2.36. The van der Waals surface area contributed by atoms with Crippen LogP contribution in [0.3, 0.4) is 0 Å². The van der Waals surface area contributed by atoms with Gasteiger partial charge in [0, 0.05) is 12.3 Å². The van der Waals surface area contributed by atoms with Gasteiger partial charge in [0.05, 0.1) is 4.90 Å². The predicted octanol–water partition coefficient (Wildman–Crippen LogP) is 2.47. The van der Waals surface area contributed by atoms with E-state index in [0.717, 1.165) is 25.6 Å². The largest absolute Gasteiger partial charge is 0.320 e. The SMILES string of the molecule is CNCCC1CCN(C(C)c2ccc(S(C)(=O)=O)cc2)CC1. The normalized spacial score (nSPS) is 19.2. The molecule has 0 aromatic heterocycles. The Balaban J connectivity index is 1.94. The molecule has 1 atom stereocenters. The lowest BCUT2D eigenvalue weighted by Gasteiger charge is -2.36. The molecule has 0 radical (unpaired) electrons. The highest BCUT2D eigenvalue weighted by molar-refractivity contribution is 7.90. The molecule has 22 heavy (non-hydrogen) atoms. The maximum absolute atomic E-state index is 11.5. The fourth-order valence-corrected chi connectivity index (χ4v) is 3.81. The topological polar surface area (TPSA) is 49.4 Å². The molecule has 1 aliphatic heterocycles.